The van der Waals surface area contributed by atoms with Gasteiger partial charge in [-0.3, -0.25) is 14.2 Å². The molecule has 3 aromatic rings. The molecule has 0 saturated carbocycles. The Bertz CT molecular complexity index is 1030. The molecule has 0 saturated heterocycles. The van der Waals surface area contributed by atoms with E-state index in [-0.39, 0.29) is 17.2 Å². The molecule has 0 atom stereocenters. The molecule has 0 unspecified atom stereocenters. The lowest BCUT2D eigenvalue weighted by Crippen LogP contribution is -2.26. The van der Waals surface area contributed by atoms with Crippen LogP contribution in [0.1, 0.15) is 12.5 Å². The van der Waals surface area contributed by atoms with Gasteiger partial charge in [-0.1, -0.05) is 49.0 Å². The molecule has 5 nitrogen and oxygen atoms in total. The van der Waals surface area contributed by atoms with Gasteiger partial charge in [0.2, 0.25) is 5.91 Å². The maximum atomic E-state index is 13.1. The monoisotopic (exact) mass is 379 g/mol. The van der Waals surface area contributed by atoms with Crippen molar-refractivity contribution in [2.45, 2.75) is 18.5 Å². The van der Waals surface area contributed by atoms with Crippen LogP contribution in [0.15, 0.2) is 71.1 Å². The normalized spacial score (nSPS) is 10.7. The van der Waals surface area contributed by atoms with Crippen molar-refractivity contribution in [2.24, 2.45) is 0 Å². The third-order valence-corrected chi connectivity index (χ3v) is 5.06. The highest BCUT2D eigenvalue weighted by Crippen LogP contribution is 2.21. The summed E-state index contributed by atoms with van der Waals surface area (Å²) in [5.74, 6) is 0.0428. The van der Waals surface area contributed by atoms with Crippen molar-refractivity contribution in [3.63, 3.8) is 0 Å². The second kappa shape index (κ2) is 8.68. The first-order chi connectivity index (χ1) is 13.1. The second-order valence-corrected chi connectivity index (χ2v) is 6.90. The molecule has 1 N–H and O–H groups in total. The molecule has 0 fully saturated rings. The lowest BCUT2D eigenvalue weighted by atomic mass is 10.1. The molecule has 138 valence electrons. The Labute approximate surface area is 162 Å². The summed E-state index contributed by atoms with van der Waals surface area (Å²) in [6, 6.07) is 15.1. The Kier molecular flexibility index (Phi) is 6.08. The van der Waals surface area contributed by atoms with Crippen LogP contribution in [0.2, 0.25) is 0 Å². The third kappa shape index (κ3) is 4.28. The summed E-state index contributed by atoms with van der Waals surface area (Å²) in [6.45, 7) is 6.08. The Morgan fingerprint density at radius 2 is 1.96 bits per heavy atom. The molecule has 0 bridgehead atoms. The fraction of sp³-hybridized carbons (Fsp3) is 0.190. The van der Waals surface area contributed by atoms with E-state index in [1.165, 1.54) is 17.3 Å². The van der Waals surface area contributed by atoms with Crippen molar-refractivity contribution in [2.75, 3.05) is 12.3 Å². The van der Waals surface area contributed by atoms with Gasteiger partial charge in [0.15, 0.2) is 5.16 Å². The maximum Gasteiger partial charge on any atom is 0.266 e. The van der Waals surface area contributed by atoms with E-state index in [2.05, 4.69) is 23.8 Å². The SMILES string of the molecule is C=CCNC(=O)CSc1nc2ccccc2c(=O)n1-c1ccc(CC)cc1. The predicted molar refractivity (Wildman–Crippen MR) is 111 cm³/mol. The average Bonchev–Trinajstić information content (AvgIpc) is 2.71. The minimum Gasteiger partial charge on any atom is -0.352 e. The van der Waals surface area contributed by atoms with Crippen LogP contribution in [0.3, 0.4) is 0 Å². The van der Waals surface area contributed by atoms with E-state index in [4.69, 9.17) is 0 Å². The number of aromatic nitrogens is 2. The first-order valence-electron chi connectivity index (χ1n) is 8.75. The Hall–Kier alpha value is -2.86. The number of fused-ring (bicyclic) bond motifs is 1. The minimum atomic E-state index is -0.140. The van der Waals surface area contributed by atoms with Crippen LogP contribution in [0.25, 0.3) is 16.6 Å². The van der Waals surface area contributed by atoms with Crippen LogP contribution >= 0.6 is 11.8 Å². The fourth-order valence-corrected chi connectivity index (χ4v) is 3.53. The summed E-state index contributed by atoms with van der Waals surface area (Å²) in [5, 5.41) is 3.79. The predicted octanol–water partition coefficient (Wildman–Crippen LogP) is 3.34. The Balaban J connectivity index is 2.05. The van der Waals surface area contributed by atoms with Crippen LogP contribution in [0, 0.1) is 0 Å². The molecular formula is C21H21N3O2S. The van der Waals surface area contributed by atoms with E-state index in [1.807, 2.05) is 42.5 Å². The van der Waals surface area contributed by atoms with E-state index in [0.717, 1.165) is 12.1 Å². The fourth-order valence-electron chi connectivity index (χ4n) is 2.68. The largest absolute Gasteiger partial charge is 0.352 e. The van der Waals surface area contributed by atoms with Crippen LogP contribution in [0.4, 0.5) is 0 Å². The summed E-state index contributed by atoms with van der Waals surface area (Å²) >= 11 is 1.24. The number of nitrogens with zero attached hydrogens (tertiary/aromatic N) is 2. The highest BCUT2D eigenvalue weighted by molar-refractivity contribution is 7.99. The molecule has 0 spiro atoms. The van der Waals surface area contributed by atoms with Gasteiger partial charge < -0.3 is 5.32 Å². The van der Waals surface area contributed by atoms with Crippen molar-refractivity contribution >= 4 is 28.6 Å². The molecule has 0 aliphatic rings. The van der Waals surface area contributed by atoms with Crippen molar-refractivity contribution in [1.82, 2.24) is 14.9 Å². The minimum absolute atomic E-state index is 0.129. The third-order valence-electron chi connectivity index (χ3n) is 4.12. The smallest absolute Gasteiger partial charge is 0.266 e. The van der Waals surface area contributed by atoms with Gasteiger partial charge in [-0.05, 0) is 36.2 Å². The zero-order valence-electron chi connectivity index (χ0n) is 15.1. The summed E-state index contributed by atoms with van der Waals surface area (Å²) in [7, 11) is 0. The lowest BCUT2D eigenvalue weighted by molar-refractivity contribution is -0.118. The van der Waals surface area contributed by atoms with Crippen LogP contribution < -0.4 is 10.9 Å². The van der Waals surface area contributed by atoms with Gasteiger partial charge in [-0.25, -0.2) is 4.98 Å². The molecule has 0 aliphatic heterocycles. The highest BCUT2D eigenvalue weighted by atomic mass is 32.2. The number of aryl methyl sites for hydroxylation is 1. The number of para-hydroxylation sites is 1. The van der Waals surface area contributed by atoms with Gasteiger partial charge in [-0.15, -0.1) is 6.58 Å². The summed E-state index contributed by atoms with van der Waals surface area (Å²) < 4.78 is 1.58. The van der Waals surface area contributed by atoms with Crippen molar-refractivity contribution in [3.05, 3.63) is 77.1 Å². The summed E-state index contributed by atoms with van der Waals surface area (Å²) in [4.78, 5) is 29.7. The van der Waals surface area contributed by atoms with Gasteiger partial charge in [0.1, 0.15) is 0 Å². The van der Waals surface area contributed by atoms with E-state index >= 15 is 0 Å². The Morgan fingerprint density at radius 3 is 2.67 bits per heavy atom. The number of carbonyl (C=O) groups excluding carboxylic acids is 1. The first kappa shape index (κ1) is 18.9. The van der Waals surface area contributed by atoms with Gasteiger partial charge in [0.05, 0.1) is 22.3 Å². The summed E-state index contributed by atoms with van der Waals surface area (Å²) in [6.07, 6.45) is 2.55. The number of rotatable bonds is 7. The van der Waals surface area contributed by atoms with Gasteiger partial charge in [0, 0.05) is 6.54 Å². The Morgan fingerprint density at radius 1 is 1.22 bits per heavy atom. The van der Waals surface area contributed by atoms with E-state index in [1.54, 1.807) is 16.7 Å². The number of benzene rings is 2. The molecule has 27 heavy (non-hydrogen) atoms. The van der Waals surface area contributed by atoms with Crippen LogP contribution in [-0.4, -0.2) is 27.8 Å². The molecule has 6 heteroatoms. The van der Waals surface area contributed by atoms with E-state index < -0.39 is 0 Å². The van der Waals surface area contributed by atoms with Crippen molar-refractivity contribution in [1.29, 1.82) is 0 Å². The molecular weight excluding hydrogens is 358 g/mol. The molecule has 0 radical (unpaired) electrons. The number of nitrogens with one attached hydrogen (secondary N) is 1. The highest BCUT2D eigenvalue weighted by Gasteiger charge is 2.14. The average molecular weight is 379 g/mol. The standard InChI is InChI=1S/C21H21N3O2S/c1-3-13-22-19(25)14-27-21-23-18-8-6-5-7-17(18)20(26)24(21)16-11-9-15(4-2)10-12-16/h3,5-12H,1,4,13-14H2,2H3,(H,22,25). The molecule has 3 rings (SSSR count). The molecule has 1 aromatic heterocycles. The van der Waals surface area contributed by atoms with Gasteiger partial charge >= 0.3 is 0 Å². The van der Waals surface area contributed by atoms with Gasteiger partial charge in [-0.2, -0.15) is 0 Å². The van der Waals surface area contributed by atoms with E-state index in [9.17, 15) is 9.59 Å². The van der Waals surface area contributed by atoms with E-state index in [0.29, 0.717) is 22.6 Å². The lowest BCUT2D eigenvalue weighted by Gasteiger charge is -2.13. The zero-order valence-corrected chi connectivity index (χ0v) is 16.0. The molecule has 2 aromatic carbocycles. The second-order valence-electron chi connectivity index (χ2n) is 5.95. The quantitative estimate of drug-likeness (QED) is 0.388. The number of hydrogen-bond acceptors (Lipinski definition) is 4. The number of thioether (sulfide) groups is 1. The van der Waals surface area contributed by atoms with Crippen LogP contribution in [0.5, 0.6) is 0 Å². The first-order valence-corrected chi connectivity index (χ1v) is 9.74. The number of amides is 1. The van der Waals surface area contributed by atoms with Crippen molar-refractivity contribution in [3.8, 4) is 5.69 Å². The molecule has 1 heterocycles. The number of hydrogen-bond donors (Lipinski definition) is 1. The van der Waals surface area contributed by atoms with Crippen LogP contribution in [-0.2, 0) is 11.2 Å². The number of carbonyl (C=O) groups is 1. The topological polar surface area (TPSA) is 64.0 Å². The summed E-state index contributed by atoms with van der Waals surface area (Å²) in [5.41, 5.74) is 2.42. The molecule has 0 aliphatic carbocycles. The van der Waals surface area contributed by atoms with Gasteiger partial charge in [0.25, 0.3) is 5.56 Å². The van der Waals surface area contributed by atoms with Crippen molar-refractivity contribution < 1.29 is 4.79 Å². The maximum absolute atomic E-state index is 13.1. The zero-order chi connectivity index (χ0) is 19.2. The molecule has 1 amide bonds.